The second kappa shape index (κ2) is 5.35. The average Bonchev–Trinajstić information content (AvgIpc) is 1.69. The maximum absolute atomic E-state index is 3.27. The first-order chi connectivity index (χ1) is 3.39. The molecule has 0 amide bonds. The number of hydrogen-bond donors (Lipinski definition) is 1. The molecular weight excluding hydrogens is 127 g/mol. The molecule has 1 fully saturated rings. The fourth-order valence-corrected chi connectivity index (χ4v) is 0.777. The Morgan fingerprint density at radius 3 is 2.12 bits per heavy atom. The molecule has 2 nitrogen and oxygen atoms in total. The first kappa shape index (κ1) is 9.56. The van der Waals surface area contributed by atoms with Gasteiger partial charge in [-0.2, -0.15) is 0 Å². The Bertz CT molecular complexity index is 56.9. The first-order valence-electron chi connectivity index (χ1n) is 2.79. The third kappa shape index (κ3) is 3.56. The van der Waals surface area contributed by atoms with Gasteiger partial charge < -0.3 is 11.6 Å². The van der Waals surface area contributed by atoms with Crippen LogP contribution in [0.5, 0.6) is 0 Å². The average molecular weight is 140 g/mol. The van der Waals surface area contributed by atoms with Crippen LogP contribution in [-0.2, 0) is 0 Å². The van der Waals surface area contributed by atoms with Crippen LogP contribution in [0.3, 0.4) is 0 Å². The maximum atomic E-state index is 3.27. The summed E-state index contributed by atoms with van der Waals surface area (Å²) in [4.78, 5) is 2.33. The Labute approximate surface area is 94.9 Å². The van der Waals surface area contributed by atoms with Gasteiger partial charge >= 0.3 is 51.4 Å². The molecule has 0 radical (unpaired) electrons. The zero-order valence-electron chi connectivity index (χ0n) is 6.78. The van der Waals surface area contributed by atoms with E-state index in [1.165, 1.54) is 13.1 Å². The van der Waals surface area contributed by atoms with Gasteiger partial charge in [-0.25, -0.2) is 0 Å². The van der Waals surface area contributed by atoms with Crippen LogP contribution in [-0.4, -0.2) is 38.1 Å². The molecule has 1 saturated heterocycles. The number of piperazine rings is 1. The molecule has 0 aliphatic carbocycles. The van der Waals surface area contributed by atoms with Crippen molar-refractivity contribution in [2.75, 3.05) is 33.2 Å². The molecule has 0 unspecified atom stereocenters. The molecule has 1 heterocycles. The normalized spacial score (nSPS) is 22.1. The minimum absolute atomic E-state index is 0. The van der Waals surface area contributed by atoms with E-state index in [1.807, 2.05) is 0 Å². The van der Waals surface area contributed by atoms with E-state index in [0.717, 1.165) is 13.1 Å². The molecule has 0 aromatic rings. The molecule has 0 spiro atoms. The van der Waals surface area contributed by atoms with E-state index in [2.05, 4.69) is 17.3 Å². The van der Waals surface area contributed by atoms with Crippen molar-refractivity contribution in [3.8, 4) is 0 Å². The van der Waals surface area contributed by atoms with Crippen molar-refractivity contribution in [2.24, 2.45) is 0 Å². The number of likely N-dealkylation sites (N-methyl/N-ethyl adjacent to an activating group) is 1. The molecule has 1 rings (SSSR count). The fraction of sp³-hybridized carbons (Fsp3) is 1.00. The van der Waals surface area contributed by atoms with Crippen molar-refractivity contribution in [2.45, 2.75) is 0 Å². The van der Waals surface area contributed by atoms with Gasteiger partial charge in [0.1, 0.15) is 0 Å². The van der Waals surface area contributed by atoms with E-state index in [9.17, 15) is 0 Å². The molecule has 0 aromatic heterocycles. The molecule has 0 aromatic carbocycles. The number of rotatable bonds is 0. The van der Waals surface area contributed by atoms with E-state index in [0.29, 0.717) is 0 Å². The Kier molecular flexibility index (Phi) is 6.39. The molecular formula is C5H13KN2. The van der Waals surface area contributed by atoms with E-state index in [4.69, 9.17) is 0 Å². The second-order valence-electron chi connectivity index (χ2n) is 2.05. The van der Waals surface area contributed by atoms with Crippen molar-refractivity contribution in [1.29, 1.82) is 0 Å². The fourth-order valence-electron chi connectivity index (χ4n) is 0.777. The van der Waals surface area contributed by atoms with Crippen LogP contribution in [0.15, 0.2) is 0 Å². The molecule has 44 valence electrons. The zero-order chi connectivity index (χ0) is 5.11. The van der Waals surface area contributed by atoms with Gasteiger partial charge in [0.15, 0.2) is 0 Å². The Balaban J connectivity index is 0. The quantitative estimate of drug-likeness (QED) is 0.354. The van der Waals surface area contributed by atoms with Crippen LogP contribution in [0.4, 0.5) is 0 Å². The predicted molar refractivity (Wildman–Crippen MR) is 31.5 cm³/mol. The summed E-state index contributed by atoms with van der Waals surface area (Å²) in [5.41, 5.74) is 0. The van der Waals surface area contributed by atoms with Crippen LogP contribution in [0.2, 0.25) is 0 Å². The number of nitrogens with one attached hydrogen (secondary N) is 1. The van der Waals surface area contributed by atoms with E-state index in [-0.39, 0.29) is 52.8 Å². The SMILES string of the molecule is CN1CCNCC1.[H-].[K+]. The van der Waals surface area contributed by atoms with Crippen molar-refractivity contribution in [3.63, 3.8) is 0 Å². The van der Waals surface area contributed by atoms with Gasteiger partial charge in [0.25, 0.3) is 0 Å². The molecule has 0 bridgehead atoms. The zero-order valence-corrected chi connectivity index (χ0v) is 8.90. The molecule has 3 heteroatoms. The molecule has 1 aliphatic heterocycles. The summed E-state index contributed by atoms with van der Waals surface area (Å²) in [6.45, 7) is 4.74. The standard InChI is InChI=1S/C5H12N2.K.H/c1-7-4-2-6-3-5-7;;/h6H,2-5H2,1H3;;/q;+1;-1. The number of nitrogens with zero attached hydrogens (tertiary/aromatic N) is 1. The second-order valence-corrected chi connectivity index (χ2v) is 2.05. The summed E-state index contributed by atoms with van der Waals surface area (Å²) < 4.78 is 0. The van der Waals surface area contributed by atoms with Gasteiger partial charge in [-0.15, -0.1) is 0 Å². The van der Waals surface area contributed by atoms with Crippen molar-refractivity contribution in [1.82, 2.24) is 10.2 Å². The smallest absolute Gasteiger partial charge is 1.00 e. The Morgan fingerprint density at radius 2 is 1.88 bits per heavy atom. The summed E-state index contributed by atoms with van der Waals surface area (Å²) in [5.74, 6) is 0. The van der Waals surface area contributed by atoms with E-state index in [1.54, 1.807) is 0 Å². The first-order valence-corrected chi connectivity index (χ1v) is 2.79. The van der Waals surface area contributed by atoms with E-state index >= 15 is 0 Å². The summed E-state index contributed by atoms with van der Waals surface area (Å²) in [6, 6.07) is 0. The maximum Gasteiger partial charge on any atom is 1.00 e. The summed E-state index contributed by atoms with van der Waals surface area (Å²) in [6.07, 6.45) is 0. The van der Waals surface area contributed by atoms with Crippen molar-refractivity contribution in [3.05, 3.63) is 0 Å². The topological polar surface area (TPSA) is 15.3 Å². The van der Waals surface area contributed by atoms with E-state index < -0.39 is 0 Å². The molecule has 0 atom stereocenters. The van der Waals surface area contributed by atoms with Crippen molar-refractivity contribution < 1.29 is 52.8 Å². The van der Waals surface area contributed by atoms with Gasteiger partial charge in [0.2, 0.25) is 0 Å². The van der Waals surface area contributed by atoms with Crippen LogP contribution < -0.4 is 56.7 Å². The monoisotopic (exact) mass is 140 g/mol. The van der Waals surface area contributed by atoms with Gasteiger partial charge in [0, 0.05) is 26.2 Å². The Morgan fingerprint density at radius 1 is 1.38 bits per heavy atom. The van der Waals surface area contributed by atoms with Crippen molar-refractivity contribution >= 4 is 0 Å². The van der Waals surface area contributed by atoms with Crippen LogP contribution >= 0.6 is 0 Å². The molecule has 0 saturated carbocycles. The third-order valence-corrected chi connectivity index (χ3v) is 1.34. The van der Waals surface area contributed by atoms with Crippen LogP contribution in [0, 0.1) is 0 Å². The van der Waals surface area contributed by atoms with Crippen LogP contribution in [0.1, 0.15) is 1.43 Å². The largest absolute Gasteiger partial charge is 1.00 e. The van der Waals surface area contributed by atoms with Gasteiger partial charge in [-0.05, 0) is 7.05 Å². The predicted octanol–water partition coefficient (Wildman–Crippen LogP) is -3.36. The molecule has 1 aliphatic rings. The summed E-state index contributed by atoms with van der Waals surface area (Å²) in [7, 11) is 2.15. The summed E-state index contributed by atoms with van der Waals surface area (Å²) >= 11 is 0. The van der Waals surface area contributed by atoms with Gasteiger partial charge in [-0.3, -0.25) is 0 Å². The number of hydrogen-bond acceptors (Lipinski definition) is 2. The minimum atomic E-state index is 0. The van der Waals surface area contributed by atoms with Gasteiger partial charge in [0.05, 0.1) is 0 Å². The third-order valence-electron chi connectivity index (χ3n) is 1.34. The summed E-state index contributed by atoms with van der Waals surface area (Å²) in [5, 5.41) is 3.27. The molecule has 8 heavy (non-hydrogen) atoms. The Hall–Kier alpha value is 1.56. The molecule has 1 N–H and O–H groups in total. The van der Waals surface area contributed by atoms with Crippen LogP contribution in [0.25, 0.3) is 0 Å². The van der Waals surface area contributed by atoms with Gasteiger partial charge in [-0.1, -0.05) is 0 Å². The minimum Gasteiger partial charge on any atom is -1.00 e.